The Bertz CT molecular complexity index is 390. The Balaban J connectivity index is 2.23. The van der Waals surface area contributed by atoms with Crippen LogP contribution in [0.2, 0.25) is 0 Å². The van der Waals surface area contributed by atoms with Crippen molar-refractivity contribution >= 4 is 17.6 Å². The van der Waals surface area contributed by atoms with Gasteiger partial charge in [0, 0.05) is 12.2 Å². The van der Waals surface area contributed by atoms with Crippen molar-refractivity contribution in [3.8, 4) is 0 Å². The number of hydrogen-bond acceptors (Lipinski definition) is 3. The van der Waals surface area contributed by atoms with Crippen LogP contribution in [0.1, 0.15) is 13.8 Å². The fourth-order valence-corrected chi connectivity index (χ4v) is 1.25. The van der Waals surface area contributed by atoms with Gasteiger partial charge in [0.15, 0.2) is 0 Å². The first-order valence-corrected chi connectivity index (χ1v) is 5.94. The van der Waals surface area contributed by atoms with E-state index in [1.54, 1.807) is 0 Å². The van der Waals surface area contributed by atoms with E-state index in [2.05, 4.69) is 16.0 Å². The zero-order valence-electron chi connectivity index (χ0n) is 10.7. The van der Waals surface area contributed by atoms with Crippen LogP contribution in [0.25, 0.3) is 0 Å². The fourth-order valence-electron chi connectivity index (χ4n) is 1.25. The summed E-state index contributed by atoms with van der Waals surface area (Å²) in [7, 11) is 0. The average Bonchev–Trinajstić information content (AvgIpc) is 2.35. The molecular weight excluding hydrogens is 230 g/mol. The Kier molecular flexibility index (Phi) is 5.70. The summed E-state index contributed by atoms with van der Waals surface area (Å²) in [5, 5.41) is 7.79. The lowest BCUT2D eigenvalue weighted by atomic mass is 10.2. The predicted octanol–water partition coefficient (Wildman–Crippen LogP) is 1.58. The van der Waals surface area contributed by atoms with E-state index < -0.39 is 6.03 Å². The monoisotopic (exact) mass is 249 g/mol. The third-order valence-corrected chi connectivity index (χ3v) is 2.15. The number of carbonyl (C=O) groups is 2. The summed E-state index contributed by atoms with van der Waals surface area (Å²) in [6, 6.07) is 8.89. The van der Waals surface area contributed by atoms with Crippen molar-refractivity contribution in [2.45, 2.75) is 13.8 Å². The van der Waals surface area contributed by atoms with Gasteiger partial charge in [0.05, 0.1) is 6.54 Å². The summed E-state index contributed by atoms with van der Waals surface area (Å²) in [6.07, 6.45) is 0. The van der Waals surface area contributed by atoms with Crippen LogP contribution in [0.15, 0.2) is 30.3 Å². The highest BCUT2D eigenvalue weighted by Gasteiger charge is 2.07. The lowest BCUT2D eigenvalue weighted by Gasteiger charge is -2.09. The van der Waals surface area contributed by atoms with Gasteiger partial charge in [-0.2, -0.15) is 0 Å². The van der Waals surface area contributed by atoms with Gasteiger partial charge in [-0.1, -0.05) is 32.0 Å². The molecule has 0 spiro atoms. The third kappa shape index (κ3) is 5.89. The van der Waals surface area contributed by atoms with Crippen LogP contribution in [-0.2, 0) is 4.79 Å². The first-order valence-electron chi connectivity index (χ1n) is 5.94. The molecule has 5 heteroatoms. The van der Waals surface area contributed by atoms with Crippen molar-refractivity contribution in [2.75, 3.05) is 18.4 Å². The summed E-state index contributed by atoms with van der Waals surface area (Å²) < 4.78 is 0. The molecule has 1 aromatic rings. The van der Waals surface area contributed by atoms with E-state index in [4.69, 9.17) is 0 Å². The van der Waals surface area contributed by atoms with Gasteiger partial charge in [0.25, 0.3) is 0 Å². The van der Waals surface area contributed by atoms with Crippen molar-refractivity contribution < 1.29 is 9.59 Å². The van der Waals surface area contributed by atoms with Crippen LogP contribution in [0, 0.1) is 5.92 Å². The molecule has 0 saturated carbocycles. The molecule has 3 amide bonds. The molecule has 0 aliphatic rings. The van der Waals surface area contributed by atoms with E-state index in [-0.39, 0.29) is 12.5 Å². The summed E-state index contributed by atoms with van der Waals surface area (Å²) in [6.45, 7) is 4.59. The van der Waals surface area contributed by atoms with Gasteiger partial charge in [-0.25, -0.2) is 4.79 Å². The molecule has 98 valence electrons. The van der Waals surface area contributed by atoms with Crippen molar-refractivity contribution in [3.63, 3.8) is 0 Å². The SMILES string of the molecule is CC(C)CNC(=O)NC(=O)CNc1ccccc1. The van der Waals surface area contributed by atoms with Crippen LogP contribution in [0.3, 0.4) is 0 Å². The van der Waals surface area contributed by atoms with Gasteiger partial charge >= 0.3 is 6.03 Å². The number of carbonyl (C=O) groups excluding carboxylic acids is 2. The van der Waals surface area contributed by atoms with E-state index in [1.807, 2.05) is 44.2 Å². The second kappa shape index (κ2) is 7.32. The molecule has 0 unspecified atom stereocenters. The van der Waals surface area contributed by atoms with Gasteiger partial charge < -0.3 is 10.6 Å². The summed E-state index contributed by atoms with van der Waals surface area (Å²) in [5.74, 6) is -0.00611. The number of hydrogen-bond donors (Lipinski definition) is 3. The molecule has 0 radical (unpaired) electrons. The Morgan fingerprint density at radius 2 is 1.83 bits per heavy atom. The molecule has 1 rings (SSSR count). The van der Waals surface area contributed by atoms with Gasteiger partial charge in [-0.05, 0) is 18.1 Å². The lowest BCUT2D eigenvalue weighted by molar-refractivity contribution is -0.118. The van der Waals surface area contributed by atoms with Crippen LogP contribution < -0.4 is 16.0 Å². The average molecular weight is 249 g/mol. The topological polar surface area (TPSA) is 70.2 Å². The highest BCUT2D eigenvalue weighted by molar-refractivity contribution is 5.96. The largest absolute Gasteiger partial charge is 0.376 e. The molecule has 0 aliphatic heterocycles. The molecule has 5 nitrogen and oxygen atoms in total. The van der Waals surface area contributed by atoms with Crippen LogP contribution in [-0.4, -0.2) is 25.0 Å². The number of nitrogens with one attached hydrogen (secondary N) is 3. The first-order chi connectivity index (χ1) is 8.58. The maximum absolute atomic E-state index is 11.4. The lowest BCUT2D eigenvalue weighted by Crippen LogP contribution is -2.43. The number of urea groups is 1. The zero-order valence-corrected chi connectivity index (χ0v) is 10.7. The molecule has 0 aliphatic carbocycles. The smallest absolute Gasteiger partial charge is 0.321 e. The minimum atomic E-state index is -0.455. The normalized spacial score (nSPS) is 9.94. The van der Waals surface area contributed by atoms with E-state index >= 15 is 0 Å². The Morgan fingerprint density at radius 1 is 1.17 bits per heavy atom. The molecule has 3 N–H and O–H groups in total. The molecule has 0 heterocycles. The van der Waals surface area contributed by atoms with E-state index in [0.717, 1.165) is 5.69 Å². The molecule has 0 bridgehead atoms. The molecule has 18 heavy (non-hydrogen) atoms. The molecule has 0 saturated heterocycles. The minimum absolute atomic E-state index is 0.0686. The van der Waals surface area contributed by atoms with Crippen molar-refractivity contribution in [1.29, 1.82) is 0 Å². The first kappa shape index (κ1) is 14.0. The Labute approximate surface area is 107 Å². The highest BCUT2D eigenvalue weighted by Crippen LogP contribution is 2.03. The molecule has 0 fully saturated rings. The molecular formula is C13H19N3O2. The Morgan fingerprint density at radius 3 is 2.44 bits per heavy atom. The fraction of sp³-hybridized carbons (Fsp3) is 0.385. The Hall–Kier alpha value is -2.04. The number of imide groups is 1. The highest BCUT2D eigenvalue weighted by atomic mass is 16.2. The van der Waals surface area contributed by atoms with Crippen molar-refractivity contribution in [2.24, 2.45) is 5.92 Å². The zero-order chi connectivity index (χ0) is 13.4. The van der Waals surface area contributed by atoms with Gasteiger partial charge in [0.1, 0.15) is 0 Å². The number of para-hydroxylation sites is 1. The van der Waals surface area contributed by atoms with Gasteiger partial charge in [-0.3, -0.25) is 10.1 Å². The molecule has 1 aromatic carbocycles. The van der Waals surface area contributed by atoms with Crippen LogP contribution in [0.4, 0.5) is 10.5 Å². The second-order valence-electron chi connectivity index (χ2n) is 4.37. The number of benzene rings is 1. The number of rotatable bonds is 5. The summed E-state index contributed by atoms with van der Waals surface area (Å²) in [4.78, 5) is 22.7. The minimum Gasteiger partial charge on any atom is -0.376 e. The summed E-state index contributed by atoms with van der Waals surface area (Å²) >= 11 is 0. The van der Waals surface area contributed by atoms with Crippen LogP contribution >= 0.6 is 0 Å². The standard InChI is InChI=1S/C13H19N3O2/c1-10(2)8-15-13(18)16-12(17)9-14-11-6-4-3-5-7-11/h3-7,10,14H,8-9H2,1-2H3,(H2,15,16,17,18). The maximum atomic E-state index is 11.4. The molecule has 0 atom stereocenters. The molecule has 0 aromatic heterocycles. The second-order valence-corrected chi connectivity index (χ2v) is 4.37. The van der Waals surface area contributed by atoms with E-state index in [0.29, 0.717) is 12.5 Å². The van der Waals surface area contributed by atoms with Crippen molar-refractivity contribution in [3.05, 3.63) is 30.3 Å². The van der Waals surface area contributed by atoms with Crippen LogP contribution in [0.5, 0.6) is 0 Å². The quantitative estimate of drug-likeness (QED) is 0.742. The van der Waals surface area contributed by atoms with Gasteiger partial charge in [-0.15, -0.1) is 0 Å². The predicted molar refractivity (Wildman–Crippen MR) is 71.3 cm³/mol. The van der Waals surface area contributed by atoms with Crippen molar-refractivity contribution in [1.82, 2.24) is 10.6 Å². The van der Waals surface area contributed by atoms with E-state index in [9.17, 15) is 9.59 Å². The number of anilines is 1. The third-order valence-electron chi connectivity index (χ3n) is 2.15. The van der Waals surface area contributed by atoms with Gasteiger partial charge in [0.2, 0.25) is 5.91 Å². The maximum Gasteiger partial charge on any atom is 0.321 e. The number of amides is 3. The summed E-state index contributed by atoms with van der Waals surface area (Å²) in [5.41, 5.74) is 0.843. The van der Waals surface area contributed by atoms with E-state index in [1.165, 1.54) is 0 Å².